The lowest BCUT2D eigenvalue weighted by molar-refractivity contribution is -0.228. The number of fused-ring (bicyclic) bond motifs is 6. The summed E-state index contributed by atoms with van der Waals surface area (Å²) < 4.78 is 24.0. The topological polar surface area (TPSA) is 134 Å². The summed E-state index contributed by atoms with van der Waals surface area (Å²) >= 11 is 0. The maximum Gasteiger partial charge on any atom is 0.344 e. The predicted octanol–water partition coefficient (Wildman–Crippen LogP) is 4.80. The first kappa shape index (κ1) is 38.8. The Bertz CT molecular complexity index is 2270. The Labute approximate surface area is 340 Å². The number of nitrogens with one attached hydrogen (secondary N) is 1. The number of nitrogens with zero attached hydrogens (tertiary/aromatic N) is 3. The van der Waals surface area contributed by atoms with Crippen LogP contribution in [0.1, 0.15) is 68.8 Å². The third-order valence-corrected chi connectivity index (χ3v) is 15.1. The van der Waals surface area contributed by atoms with E-state index in [4.69, 9.17) is 18.9 Å². The molecule has 9 rings (SSSR count). The Hall–Kier alpha value is -4.65. The van der Waals surface area contributed by atoms with Crippen LogP contribution in [0.5, 0.6) is 5.75 Å². The van der Waals surface area contributed by atoms with Crippen LogP contribution in [0.4, 0.5) is 5.69 Å². The van der Waals surface area contributed by atoms with Crippen LogP contribution < -0.4 is 9.64 Å². The number of esters is 3. The molecule has 2 aromatic carbocycles. The van der Waals surface area contributed by atoms with Crippen molar-refractivity contribution in [3.63, 3.8) is 0 Å². The van der Waals surface area contributed by atoms with Crippen molar-refractivity contribution in [1.29, 1.82) is 0 Å². The fraction of sp³-hybridized carbons (Fsp3) is 0.543. The van der Waals surface area contributed by atoms with Crippen LogP contribution in [-0.2, 0) is 45.8 Å². The Kier molecular flexibility index (Phi) is 9.18. The number of para-hydroxylation sites is 1. The van der Waals surface area contributed by atoms with Crippen molar-refractivity contribution < 1.29 is 38.4 Å². The molecule has 2 bridgehead atoms. The number of aliphatic hydroxyl groups is 1. The van der Waals surface area contributed by atoms with E-state index < -0.39 is 45.9 Å². The number of likely N-dealkylation sites (N-methyl/N-ethyl adjacent to an activating group) is 1. The number of aromatic amines is 1. The second kappa shape index (κ2) is 13.7. The van der Waals surface area contributed by atoms with Gasteiger partial charge in [-0.15, -0.1) is 0 Å². The number of hydrogen-bond donors (Lipinski definition) is 2. The number of rotatable bonds is 7. The van der Waals surface area contributed by atoms with Crippen LogP contribution in [-0.4, -0.2) is 123 Å². The summed E-state index contributed by atoms with van der Waals surface area (Å²) in [6.07, 6.45) is 8.43. The molecule has 5 aliphatic heterocycles. The van der Waals surface area contributed by atoms with Gasteiger partial charge in [-0.2, -0.15) is 0 Å². The molecule has 2 unspecified atom stereocenters. The smallest absolute Gasteiger partial charge is 0.344 e. The van der Waals surface area contributed by atoms with E-state index in [2.05, 4.69) is 58.1 Å². The van der Waals surface area contributed by atoms with Gasteiger partial charge in [-0.3, -0.25) is 19.4 Å². The summed E-state index contributed by atoms with van der Waals surface area (Å²) in [4.78, 5) is 53.4. The lowest BCUT2D eigenvalue weighted by Crippen LogP contribution is -2.81. The highest BCUT2D eigenvalue weighted by molar-refractivity contribution is 5.95. The number of benzene rings is 2. The SMILES string of the molecule is CCC1=CC2CN(CCc3c([nH]c4ccccc34)[C@@](C(=O)OC)(c3cc4c(cc3OC)N(C)[C@H]3[C@@](O)(C(=O)OC)[C@H](OC(C)=O)[C@]5(CC)C=CCN6CC[C@]43[C@@H]65)C2)C1. The normalized spacial score (nSPS) is 34.7. The number of ether oxygens (including phenoxy) is 4. The highest BCUT2D eigenvalue weighted by Gasteiger charge is 2.80. The lowest BCUT2D eigenvalue weighted by Gasteiger charge is -2.63. The first-order valence-electron chi connectivity index (χ1n) is 20.8. The van der Waals surface area contributed by atoms with Crippen molar-refractivity contribution in [1.82, 2.24) is 14.8 Å². The van der Waals surface area contributed by atoms with Gasteiger partial charge >= 0.3 is 17.9 Å². The van der Waals surface area contributed by atoms with Crippen LogP contribution in [0.2, 0.25) is 0 Å². The Balaban J connectivity index is 1.37. The van der Waals surface area contributed by atoms with Crippen LogP contribution in [0.3, 0.4) is 0 Å². The molecule has 12 heteroatoms. The van der Waals surface area contributed by atoms with E-state index >= 15 is 4.79 Å². The molecule has 12 nitrogen and oxygen atoms in total. The van der Waals surface area contributed by atoms with E-state index in [1.807, 2.05) is 37.1 Å². The number of methoxy groups -OCH3 is 3. The largest absolute Gasteiger partial charge is 0.496 e. The Morgan fingerprint density at radius 2 is 1.78 bits per heavy atom. The minimum Gasteiger partial charge on any atom is -0.496 e. The summed E-state index contributed by atoms with van der Waals surface area (Å²) in [6, 6.07) is 11.2. The molecule has 1 aromatic heterocycles. The number of carbonyl (C=O) groups excluding carboxylic acids is 3. The fourth-order valence-corrected chi connectivity index (χ4v) is 13.0. The van der Waals surface area contributed by atoms with E-state index in [-0.39, 0.29) is 17.9 Å². The number of H-pyrrole nitrogens is 1. The Morgan fingerprint density at radius 3 is 2.48 bits per heavy atom. The first-order chi connectivity index (χ1) is 27.9. The van der Waals surface area contributed by atoms with Gasteiger partial charge in [-0.1, -0.05) is 55.8 Å². The minimum atomic E-state index is -2.28. The van der Waals surface area contributed by atoms with Gasteiger partial charge in [0.25, 0.3) is 0 Å². The lowest BCUT2D eigenvalue weighted by atomic mass is 9.47. The van der Waals surface area contributed by atoms with E-state index in [0.29, 0.717) is 43.7 Å². The summed E-state index contributed by atoms with van der Waals surface area (Å²) in [5.74, 6) is -1.31. The summed E-state index contributed by atoms with van der Waals surface area (Å²) in [6.45, 7) is 9.44. The number of anilines is 1. The average Bonchev–Trinajstić information content (AvgIpc) is 3.89. The molecule has 2 fully saturated rings. The molecule has 6 heterocycles. The van der Waals surface area contributed by atoms with Gasteiger partial charge in [0.1, 0.15) is 11.2 Å². The average molecular weight is 793 g/mol. The van der Waals surface area contributed by atoms with Gasteiger partial charge in [-0.05, 0) is 67.8 Å². The molecule has 3 aromatic rings. The fourth-order valence-electron chi connectivity index (χ4n) is 13.0. The predicted molar refractivity (Wildman–Crippen MR) is 219 cm³/mol. The zero-order chi connectivity index (χ0) is 40.9. The monoisotopic (exact) mass is 792 g/mol. The third kappa shape index (κ3) is 4.94. The van der Waals surface area contributed by atoms with Crippen LogP contribution in [0.25, 0.3) is 10.9 Å². The van der Waals surface area contributed by atoms with E-state index in [1.165, 1.54) is 26.7 Å². The number of carbonyl (C=O) groups is 3. The molecule has 308 valence electrons. The van der Waals surface area contributed by atoms with Gasteiger partial charge in [0.2, 0.25) is 5.60 Å². The molecule has 9 atom stereocenters. The van der Waals surface area contributed by atoms with Crippen molar-refractivity contribution in [2.45, 2.75) is 87.5 Å². The highest BCUT2D eigenvalue weighted by atomic mass is 16.6. The van der Waals surface area contributed by atoms with Crippen molar-refractivity contribution in [2.24, 2.45) is 11.3 Å². The zero-order valence-electron chi connectivity index (χ0n) is 34.7. The molecule has 0 amide bonds. The summed E-state index contributed by atoms with van der Waals surface area (Å²) in [7, 11) is 6.24. The van der Waals surface area contributed by atoms with Crippen molar-refractivity contribution in [3.8, 4) is 5.75 Å². The number of aromatic nitrogens is 1. The second-order valence-electron chi connectivity index (χ2n) is 17.5. The van der Waals surface area contributed by atoms with Crippen molar-refractivity contribution in [2.75, 3.05) is 66.0 Å². The van der Waals surface area contributed by atoms with Gasteiger partial charge in [0, 0.05) is 90.9 Å². The highest BCUT2D eigenvalue weighted by Crippen LogP contribution is 2.68. The standard InChI is InChI=1S/C46H56N4O8/c1-8-28-21-29-24-45(41(52)56-6,37-31(15-19-49(25-28)26-29)30-13-10-11-14-34(30)47-37)33-22-32-35(23-36(33)55-5)48(4)39-44(32)17-20-50-18-12-16-43(9-2,38(44)50)40(58-27(3)51)46(39,54)42(53)57-7/h10-14,16,21-23,29,38-40,47,54H,8-9,15,17-20,24-26H2,1-7H3/t29?,38-,39+,40+,43+,44+,45-,46-/m0/s1. The molecule has 1 saturated carbocycles. The molecule has 58 heavy (non-hydrogen) atoms. The van der Waals surface area contributed by atoms with Crippen molar-refractivity contribution in [3.05, 3.63) is 82.6 Å². The molecule has 1 aliphatic carbocycles. The maximum atomic E-state index is 15.3. The van der Waals surface area contributed by atoms with E-state index in [1.54, 1.807) is 7.11 Å². The summed E-state index contributed by atoms with van der Waals surface area (Å²) in [5, 5.41) is 14.4. The van der Waals surface area contributed by atoms with E-state index in [0.717, 1.165) is 65.9 Å². The van der Waals surface area contributed by atoms with Crippen LogP contribution in [0.15, 0.2) is 60.2 Å². The summed E-state index contributed by atoms with van der Waals surface area (Å²) in [5.41, 5.74) is 1.10. The van der Waals surface area contributed by atoms with Gasteiger partial charge < -0.3 is 33.9 Å². The zero-order valence-corrected chi connectivity index (χ0v) is 34.7. The van der Waals surface area contributed by atoms with E-state index in [9.17, 15) is 14.7 Å². The van der Waals surface area contributed by atoms with Gasteiger partial charge in [0.05, 0.1) is 27.4 Å². The molecule has 1 spiro atoms. The molecular weight excluding hydrogens is 737 g/mol. The molecular formula is C46H56N4O8. The molecule has 2 N–H and O–H groups in total. The minimum absolute atomic E-state index is 0.0217. The van der Waals surface area contributed by atoms with Crippen LogP contribution in [0, 0.1) is 11.3 Å². The quantitative estimate of drug-likeness (QED) is 0.194. The maximum absolute atomic E-state index is 15.3. The van der Waals surface area contributed by atoms with Gasteiger partial charge in [-0.25, -0.2) is 4.79 Å². The molecule has 0 radical (unpaired) electrons. The van der Waals surface area contributed by atoms with Crippen LogP contribution >= 0.6 is 0 Å². The van der Waals surface area contributed by atoms with Gasteiger partial charge in [0.15, 0.2) is 6.10 Å². The third-order valence-electron chi connectivity index (χ3n) is 15.1. The first-order valence-corrected chi connectivity index (χ1v) is 20.8. The molecule has 6 aliphatic rings. The second-order valence-corrected chi connectivity index (χ2v) is 17.5. The van der Waals surface area contributed by atoms with Crippen molar-refractivity contribution >= 4 is 34.5 Å². The molecule has 1 saturated heterocycles. The number of hydrogen-bond acceptors (Lipinski definition) is 11. The Morgan fingerprint density at radius 1 is 1.00 bits per heavy atom.